The molecule has 3 amide bonds. The van der Waals surface area contributed by atoms with E-state index in [0.717, 1.165) is 12.1 Å². The third-order valence-electron chi connectivity index (χ3n) is 4.02. The Morgan fingerprint density at radius 3 is 2.56 bits per heavy atom. The fourth-order valence-electron chi connectivity index (χ4n) is 2.76. The number of nitrogens with zero attached hydrogens (tertiary/aromatic N) is 2. The number of urea groups is 1. The Hall–Kier alpha value is -2.74. The van der Waals surface area contributed by atoms with E-state index in [9.17, 15) is 22.8 Å². The van der Waals surface area contributed by atoms with Gasteiger partial charge < -0.3 is 10.2 Å². The van der Waals surface area contributed by atoms with Gasteiger partial charge in [0.2, 0.25) is 5.91 Å². The predicted molar refractivity (Wildman–Crippen MR) is 95.8 cm³/mol. The monoisotopic (exact) mass is 397 g/mol. The van der Waals surface area contributed by atoms with Crippen molar-refractivity contribution in [1.82, 2.24) is 4.90 Å². The molecule has 1 fully saturated rings. The number of halogens is 4. The number of alkyl halides is 3. The van der Waals surface area contributed by atoms with E-state index >= 15 is 0 Å². The first-order valence-electron chi connectivity index (χ1n) is 8.03. The zero-order valence-corrected chi connectivity index (χ0v) is 14.7. The molecule has 0 radical (unpaired) electrons. The maximum atomic E-state index is 12.7. The molecule has 3 rings (SSSR count). The number of rotatable bonds is 4. The maximum absolute atomic E-state index is 12.7. The van der Waals surface area contributed by atoms with E-state index in [-0.39, 0.29) is 18.3 Å². The molecule has 0 spiro atoms. The Balaban J connectivity index is 1.63. The van der Waals surface area contributed by atoms with Crippen LogP contribution in [0.1, 0.15) is 5.56 Å². The number of hydrogen-bond acceptors (Lipinski definition) is 2. The van der Waals surface area contributed by atoms with Gasteiger partial charge in [0, 0.05) is 29.5 Å². The normalized spacial score (nSPS) is 14.6. The van der Waals surface area contributed by atoms with Crippen molar-refractivity contribution in [3.8, 4) is 0 Å². The van der Waals surface area contributed by atoms with E-state index in [1.807, 2.05) is 0 Å². The molecule has 27 heavy (non-hydrogen) atoms. The average molecular weight is 398 g/mol. The van der Waals surface area contributed by atoms with E-state index in [0.29, 0.717) is 23.8 Å². The van der Waals surface area contributed by atoms with Gasteiger partial charge in [-0.15, -0.1) is 0 Å². The highest BCUT2D eigenvalue weighted by Gasteiger charge is 2.32. The summed E-state index contributed by atoms with van der Waals surface area (Å²) < 4.78 is 38.2. The van der Waals surface area contributed by atoms with E-state index in [1.165, 1.54) is 21.9 Å². The van der Waals surface area contributed by atoms with Crippen LogP contribution in [0.3, 0.4) is 0 Å². The second-order valence-electron chi connectivity index (χ2n) is 5.96. The van der Waals surface area contributed by atoms with E-state index < -0.39 is 17.6 Å². The van der Waals surface area contributed by atoms with E-state index in [4.69, 9.17) is 11.6 Å². The molecular weight excluding hydrogens is 383 g/mol. The van der Waals surface area contributed by atoms with Gasteiger partial charge in [0.25, 0.3) is 0 Å². The number of hydrogen-bond donors (Lipinski definition) is 1. The maximum Gasteiger partial charge on any atom is 0.416 e. The van der Waals surface area contributed by atoms with Crippen LogP contribution in [0.5, 0.6) is 0 Å². The average Bonchev–Trinajstić information content (AvgIpc) is 2.95. The minimum Gasteiger partial charge on any atom is -0.325 e. The molecule has 0 unspecified atom stereocenters. The Labute approximate surface area is 158 Å². The fraction of sp³-hybridized carbons (Fsp3) is 0.222. The Kier molecular flexibility index (Phi) is 5.27. The van der Waals surface area contributed by atoms with E-state index in [2.05, 4.69) is 5.32 Å². The summed E-state index contributed by atoms with van der Waals surface area (Å²) in [5.74, 6) is -0.574. The number of benzene rings is 2. The minimum atomic E-state index is -4.50. The van der Waals surface area contributed by atoms with Gasteiger partial charge in [0.05, 0.1) is 5.56 Å². The van der Waals surface area contributed by atoms with Gasteiger partial charge in [0.15, 0.2) is 0 Å². The smallest absolute Gasteiger partial charge is 0.325 e. The van der Waals surface area contributed by atoms with Crippen LogP contribution in [0.15, 0.2) is 48.5 Å². The molecule has 1 saturated heterocycles. The second kappa shape index (κ2) is 7.48. The molecule has 1 heterocycles. The molecule has 2 aromatic carbocycles. The van der Waals surface area contributed by atoms with Crippen LogP contribution in [0.4, 0.5) is 29.3 Å². The van der Waals surface area contributed by atoms with Crippen LogP contribution in [-0.4, -0.2) is 36.5 Å². The highest BCUT2D eigenvalue weighted by molar-refractivity contribution is 6.30. The Morgan fingerprint density at radius 2 is 1.85 bits per heavy atom. The van der Waals surface area contributed by atoms with Gasteiger partial charge in [0.1, 0.15) is 6.54 Å². The largest absolute Gasteiger partial charge is 0.416 e. The summed E-state index contributed by atoms with van der Waals surface area (Å²) in [6.45, 7) is 0.448. The lowest BCUT2D eigenvalue weighted by Crippen LogP contribution is -2.37. The molecule has 142 valence electrons. The molecule has 0 aliphatic carbocycles. The summed E-state index contributed by atoms with van der Waals surface area (Å²) in [7, 11) is 0. The molecule has 5 nitrogen and oxygen atoms in total. The first-order valence-corrected chi connectivity index (χ1v) is 8.41. The number of nitrogens with one attached hydrogen (secondary N) is 1. The summed E-state index contributed by atoms with van der Waals surface area (Å²) in [6, 6.07) is 10.8. The predicted octanol–water partition coefficient (Wildman–Crippen LogP) is 4.24. The van der Waals surface area contributed by atoms with Crippen LogP contribution >= 0.6 is 11.6 Å². The van der Waals surface area contributed by atoms with Crippen LogP contribution in [0, 0.1) is 0 Å². The molecule has 2 aromatic rings. The van der Waals surface area contributed by atoms with Crippen LogP contribution in [0.2, 0.25) is 5.02 Å². The lowest BCUT2D eigenvalue weighted by Gasteiger charge is -2.18. The quantitative estimate of drug-likeness (QED) is 0.839. The van der Waals surface area contributed by atoms with Crippen molar-refractivity contribution in [3.63, 3.8) is 0 Å². The molecule has 0 saturated carbocycles. The van der Waals surface area contributed by atoms with Crippen molar-refractivity contribution < 1.29 is 22.8 Å². The van der Waals surface area contributed by atoms with Crippen molar-refractivity contribution in [2.24, 2.45) is 0 Å². The van der Waals surface area contributed by atoms with Gasteiger partial charge in [-0.25, -0.2) is 4.79 Å². The molecule has 9 heteroatoms. The summed E-state index contributed by atoms with van der Waals surface area (Å²) in [4.78, 5) is 27.4. The number of anilines is 2. The molecular formula is C18H15ClF3N3O2. The Bertz CT molecular complexity index is 873. The van der Waals surface area contributed by atoms with Gasteiger partial charge in [-0.05, 0) is 36.4 Å². The standard InChI is InChI=1S/C18H15ClF3N3O2/c19-13-4-2-6-15(10-13)25-8-7-24(17(25)27)11-16(26)23-14-5-1-3-12(9-14)18(20,21)22/h1-6,9-10H,7-8,11H2,(H,23,26). The van der Waals surface area contributed by atoms with Crippen LogP contribution in [0.25, 0.3) is 0 Å². The minimum absolute atomic E-state index is 0.0215. The Morgan fingerprint density at radius 1 is 1.11 bits per heavy atom. The first kappa shape index (κ1) is 19.0. The topological polar surface area (TPSA) is 52.7 Å². The van der Waals surface area contributed by atoms with Crippen molar-refractivity contribution in [2.75, 3.05) is 29.9 Å². The molecule has 1 aliphatic rings. The molecule has 0 atom stereocenters. The number of carbonyl (C=O) groups is 2. The lowest BCUT2D eigenvalue weighted by molar-refractivity contribution is -0.137. The highest BCUT2D eigenvalue weighted by Crippen LogP contribution is 2.30. The highest BCUT2D eigenvalue weighted by atomic mass is 35.5. The van der Waals surface area contributed by atoms with Crippen LogP contribution < -0.4 is 10.2 Å². The van der Waals surface area contributed by atoms with Gasteiger partial charge in [-0.3, -0.25) is 9.69 Å². The van der Waals surface area contributed by atoms with Crippen molar-refractivity contribution in [2.45, 2.75) is 6.18 Å². The third kappa shape index (κ3) is 4.51. The number of amides is 3. The van der Waals surface area contributed by atoms with Crippen LogP contribution in [-0.2, 0) is 11.0 Å². The number of carbonyl (C=O) groups excluding carboxylic acids is 2. The summed E-state index contributed by atoms with van der Waals surface area (Å²) in [5.41, 5.74) is -0.217. The molecule has 0 bridgehead atoms. The zero-order valence-electron chi connectivity index (χ0n) is 14.0. The SMILES string of the molecule is O=C(CN1CCN(c2cccc(Cl)c2)C1=O)Nc1cccc(C(F)(F)F)c1. The van der Waals surface area contributed by atoms with E-state index in [1.54, 1.807) is 24.3 Å². The first-order chi connectivity index (χ1) is 12.7. The van der Waals surface area contributed by atoms with Gasteiger partial charge in [-0.2, -0.15) is 13.2 Å². The van der Waals surface area contributed by atoms with Gasteiger partial charge >= 0.3 is 12.2 Å². The lowest BCUT2D eigenvalue weighted by atomic mass is 10.2. The second-order valence-corrected chi connectivity index (χ2v) is 6.40. The van der Waals surface area contributed by atoms with Crippen molar-refractivity contribution in [3.05, 3.63) is 59.1 Å². The zero-order chi connectivity index (χ0) is 19.6. The summed E-state index contributed by atoms with van der Waals surface area (Å²) >= 11 is 5.93. The molecule has 1 N–H and O–H groups in total. The molecule has 1 aliphatic heterocycles. The summed E-state index contributed by atoms with van der Waals surface area (Å²) in [5, 5.41) is 2.88. The summed E-state index contributed by atoms with van der Waals surface area (Å²) in [6.07, 6.45) is -4.50. The van der Waals surface area contributed by atoms with Crippen molar-refractivity contribution in [1.29, 1.82) is 0 Å². The van der Waals surface area contributed by atoms with Crippen molar-refractivity contribution >= 4 is 34.9 Å². The van der Waals surface area contributed by atoms with Gasteiger partial charge in [-0.1, -0.05) is 23.7 Å². The third-order valence-corrected chi connectivity index (χ3v) is 4.26. The fourth-order valence-corrected chi connectivity index (χ4v) is 2.94. The molecule has 0 aromatic heterocycles.